The predicted octanol–water partition coefficient (Wildman–Crippen LogP) is 0.875. The highest BCUT2D eigenvalue weighted by atomic mass is 32.2. The van der Waals surface area contributed by atoms with Gasteiger partial charge in [0.2, 0.25) is 0 Å². The normalized spacial score (nSPS) is 11.3. The average molecular weight is 213 g/mol. The van der Waals surface area contributed by atoms with E-state index in [4.69, 9.17) is 5.73 Å². The quantitative estimate of drug-likeness (QED) is 0.584. The molecule has 0 bridgehead atoms. The maximum absolute atomic E-state index is 11.1. The number of anilines is 1. The van der Waals surface area contributed by atoms with Crippen molar-refractivity contribution in [3.8, 4) is 0 Å². The van der Waals surface area contributed by atoms with Gasteiger partial charge in [-0.3, -0.25) is 4.79 Å². The number of sulfone groups is 1. The van der Waals surface area contributed by atoms with Crippen LogP contribution in [0.4, 0.5) is 5.69 Å². The summed E-state index contributed by atoms with van der Waals surface area (Å²) >= 11 is 0. The maximum atomic E-state index is 11.1. The zero-order chi connectivity index (χ0) is 10.9. The van der Waals surface area contributed by atoms with Gasteiger partial charge in [-0.25, -0.2) is 8.42 Å². The Morgan fingerprint density at radius 3 is 2.29 bits per heavy atom. The second-order valence-electron chi connectivity index (χ2n) is 3.08. The van der Waals surface area contributed by atoms with Crippen molar-refractivity contribution in [1.29, 1.82) is 0 Å². The van der Waals surface area contributed by atoms with Gasteiger partial charge >= 0.3 is 0 Å². The average Bonchev–Trinajstić information content (AvgIpc) is 2.01. The zero-order valence-corrected chi connectivity index (χ0v) is 8.76. The second-order valence-corrected chi connectivity index (χ2v) is 5.09. The molecule has 0 aliphatic carbocycles. The fourth-order valence-electron chi connectivity index (χ4n) is 1.09. The molecule has 0 aliphatic heterocycles. The van der Waals surface area contributed by atoms with Crippen molar-refractivity contribution in [2.24, 2.45) is 0 Å². The van der Waals surface area contributed by atoms with Gasteiger partial charge in [-0.05, 0) is 25.1 Å². The first-order valence-electron chi connectivity index (χ1n) is 3.93. The van der Waals surface area contributed by atoms with Crippen LogP contribution in [-0.4, -0.2) is 20.5 Å². The number of rotatable bonds is 2. The van der Waals surface area contributed by atoms with E-state index in [1.54, 1.807) is 0 Å². The molecule has 0 fully saturated rings. The fourth-order valence-corrected chi connectivity index (χ4v) is 1.75. The van der Waals surface area contributed by atoms with Crippen LogP contribution in [0.3, 0.4) is 0 Å². The first-order valence-corrected chi connectivity index (χ1v) is 5.82. The SMILES string of the molecule is CC(=O)c1ccc(S(C)(=O)=O)cc1N. The van der Waals surface area contributed by atoms with Crippen LogP contribution in [0, 0.1) is 0 Å². The molecule has 0 unspecified atom stereocenters. The Morgan fingerprint density at radius 2 is 1.93 bits per heavy atom. The lowest BCUT2D eigenvalue weighted by Gasteiger charge is -2.03. The number of hydrogen-bond donors (Lipinski definition) is 1. The largest absolute Gasteiger partial charge is 0.398 e. The molecule has 1 aromatic carbocycles. The third-order valence-electron chi connectivity index (χ3n) is 1.83. The molecule has 5 heteroatoms. The number of nitrogens with two attached hydrogens (primary N) is 1. The van der Waals surface area contributed by atoms with Crippen molar-refractivity contribution in [3.05, 3.63) is 23.8 Å². The molecule has 1 aromatic rings. The minimum absolute atomic E-state index is 0.125. The van der Waals surface area contributed by atoms with Crippen LogP contribution in [0.1, 0.15) is 17.3 Å². The minimum atomic E-state index is -3.26. The van der Waals surface area contributed by atoms with Crippen molar-refractivity contribution in [2.75, 3.05) is 12.0 Å². The van der Waals surface area contributed by atoms with E-state index in [9.17, 15) is 13.2 Å². The van der Waals surface area contributed by atoms with Gasteiger partial charge in [0.15, 0.2) is 15.6 Å². The first-order chi connectivity index (χ1) is 6.32. The predicted molar refractivity (Wildman–Crippen MR) is 54.0 cm³/mol. The van der Waals surface area contributed by atoms with E-state index in [-0.39, 0.29) is 16.4 Å². The van der Waals surface area contributed by atoms with E-state index in [0.29, 0.717) is 5.56 Å². The fraction of sp³-hybridized carbons (Fsp3) is 0.222. The first kappa shape index (κ1) is 10.7. The van der Waals surface area contributed by atoms with Gasteiger partial charge < -0.3 is 5.73 Å². The Labute approximate surface area is 82.7 Å². The molecule has 76 valence electrons. The summed E-state index contributed by atoms with van der Waals surface area (Å²) in [5.41, 5.74) is 6.07. The minimum Gasteiger partial charge on any atom is -0.398 e. The molecule has 4 nitrogen and oxygen atoms in total. The van der Waals surface area contributed by atoms with Crippen LogP contribution < -0.4 is 5.73 Å². The highest BCUT2D eigenvalue weighted by Crippen LogP contribution is 2.18. The molecule has 2 N–H and O–H groups in total. The Morgan fingerprint density at radius 1 is 1.36 bits per heavy atom. The summed E-state index contributed by atoms with van der Waals surface area (Å²) in [6.07, 6.45) is 1.09. The van der Waals surface area contributed by atoms with Crippen LogP contribution in [0.25, 0.3) is 0 Å². The van der Waals surface area contributed by atoms with E-state index in [2.05, 4.69) is 0 Å². The van der Waals surface area contributed by atoms with Gasteiger partial charge in [-0.1, -0.05) is 0 Å². The molecule has 0 saturated heterocycles. The maximum Gasteiger partial charge on any atom is 0.175 e. The number of ketones is 1. The lowest BCUT2D eigenvalue weighted by Crippen LogP contribution is -2.03. The topological polar surface area (TPSA) is 77.2 Å². The van der Waals surface area contributed by atoms with Crippen molar-refractivity contribution in [2.45, 2.75) is 11.8 Å². The molecule has 14 heavy (non-hydrogen) atoms. The number of carbonyl (C=O) groups is 1. The molecule has 0 heterocycles. The molecule has 0 saturated carbocycles. The van der Waals surface area contributed by atoms with E-state index >= 15 is 0 Å². The molecular formula is C9H11NO3S. The van der Waals surface area contributed by atoms with Crippen LogP contribution in [0.2, 0.25) is 0 Å². The molecule has 0 spiro atoms. The van der Waals surface area contributed by atoms with E-state index in [1.807, 2.05) is 0 Å². The highest BCUT2D eigenvalue weighted by Gasteiger charge is 2.11. The lowest BCUT2D eigenvalue weighted by molar-refractivity contribution is 0.101. The summed E-state index contributed by atoms with van der Waals surface area (Å²) < 4.78 is 22.3. The standard InChI is InChI=1S/C9H11NO3S/c1-6(11)8-4-3-7(5-9(8)10)14(2,12)13/h3-5H,10H2,1-2H3. The molecule has 0 radical (unpaired) electrons. The van der Waals surface area contributed by atoms with E-state index < -0.39 is 9.84 Å². The summed E-state index contributed by atoms with van der Waals surface area (Å²) in [5, 5.41) is 0. The lowest BCUT2D eigenvalue weighted by atomic mass is 10.1. The number of carbonyl (C=O) groups excluding carboxylic acids is 1. The summed E-state index contributed by atoms with van der Waals surface area (Å²) in [6.45, 7) is 1.38. The van der Waals surface area contributed by atoms with Crippen LogP contribution in [-0.2, 0) is 9.84 Å². The van der Waals surface area contributed by atoms with Crippen molar-refractivity contribution in [1.82, 2.24) is 0 Å². The van der Waals surface area contributed by atoms with Gasteiger partial charge in [0.25, 0.3) is 0 Å². The third-order valence-corrected chi connectivity index (χ3v) is 2.94. The summed E-state index contributed by atoms with van der Waals surface area (Å²) in [7, 11) is -3.26. The monoisotopic (exact) mass is 213 g/mol. The smallest absolute Gasteiger partial charge is 0.175 e. The Balaban J connectivity index is 3.34. The van der Waals surface area contributed by atoms with Gasteiger partial charge in [0.1, 0.15) is 0 Å². The van der Waals surface area contributed by atoms with Gasteiger partial charge in [0, 0.05) is 17.5 Å². The highest BCUT2D eigenvalue weighted by molar-refractivity contribution is 7.90. The molecular weight excluding hydrogens is 202 g/mol. The van der Waals surface area contributed by atoms with Crippen LogP contribution in [0.5, 0.6) is 0 Å². The summed E-state index contributed by atoms with van der Waals surface area (Å²) in [4.78, 5) is 11.1. The third kappa shape index (κ3) is 2.11. The number of Topliss-reactive ketones (excluding diaryl/α,β-unsaturated/α-hetero) is 1. The number of nitrogen functional groups attached to an aromatic ring is 1. The molecule has 0 aliphatic rings. The number of benzene rings is 1. The number of hydrogen-bond acceptors (Lipinski definition) is 4. The molecule has 0 aromatic heterocycles. The van der Waals surface area contributed by atoms with Gasteiger partial charge in [-0.15, -0.1) is 0 Å². The van der Waals surface area contributed by atoms with E-state index in [0.717, 1.165) is 6.26 Å². The van der Waals surface area contributed by atoms with Crippen molar-refractivity contribution in [3.63, 3.8) is 0 Å². The zero-order valence-electron chi connectivity index (χ0n) is 7.94. The van der Waals surface area contributed by atoms with Crippen molar-refractivity contribution < 1.29 is 13.2 Å². The van der Waals surface area contributed by atoms with Crippen LogP contribution in [0.15, 0.2) is 23.1 Å². The molecule has 1 rings (SSSR count). The van der Waals surface area contributed by atoms with Gasteiger partial charge in [0.05, 0.1) is 4.90 Å². The second kappa shape index (κ2) is 3.42. The summed E-state index contributed by atoms with van der Waals surface area (Å²) in [6, 6.07) is 4.10. The van der Waals surface area contributed by atoms with E-state index in [1.165, 1.54) is 25.1 Å². The van der Waals surface area contributed by atoms with Crippen molar-refractivity contribution >= 4 is 21.3 Å². The summed E-state index contributed by atoms with van der Waals surface area (Å²) in [5.74, 6) is -0.178. The van der Waals surface area contributed by atoms with Gasteiger partial charge in [-0.2, -0.15) is 0 Å². The van der Waals surface area contributed by atoms with Crippen LogP contribution >= 0.6 is 0 Å². The molecule has 0 amide bonds. The Kier molecular flexibility index (Phi) is 2.62. The Bertz CT molecular complexity index is 477. The Hall–Kier alpha value is -1.36. The molecule has 0 atom stereocenters.